The number of hydrogen-bond acceptors (Lipinski definition) is 3. The first-order valence-corrected chi connectivity index (χ1v) is 6.75. The van der Waals surface area contributed by atoms with Gasteiger partial charge in [-0.3, -0.25) is 9.59 Å². The molecule has 3 N–H and O–H groups in total. The van der Waals surface area contributed by atoms with Crippen LogP contribution in [0.25, 0.3) is 0 Å². The number of rotatable bonds is 8. The Balaban J connectivity index is 2.75. The fraction of sp³-hybridized carbons (Fsp3) is 0.400. The maximum Gasteiger partial charge on any atom is 0.326 e. The quantitative estimate of drug-likeness (QED) is 0.675. The average Bonchev–Trinajstić information content (AvgIpc) is 2.44. The van der Waals surface area contributed by atoms with Crippen molar-refractivity contribution in [3.8, 4) is 0 Å². The Morgan fingerprint density at radius 3 is 2.24 bits per heavy atom. The van der Waals surface area contributed by atoms with Crippen molar-refractivity contribution < 1.29 is 24.6 Å². The molecule has 1 aromatic rings. The summed E-state index contributed by atoms with van der Waals surface area (Å²) in [6, 6.07) is 7.88. The highest BCUT2D eigenvalue weighted by atomic mass is 16.4. The fourth-order valence-electron chi connectivity index (χ4n) is 2.06. The minimum atomic E-state index is -1.23. The normalized spacial score (nSPS) is 13.2. The summed E-state index contributed by atoms with van der Waals surface area (Å²) < 4.78 is 0. The molecular formula is C15H19NO5. The van der Waals surface area contributed by atoms with Gasteiger partial charge in [0.1, 0.15) is 6.04 Å². The van der Waals surface area contributed by atoms with Gasteiger partial charge < -0.3 is 15.5 Å². The van der Waals surface area contributed by atoms with Crippen LogP contribution in [0.1, 0.15) is 37.7 Å². The summed E-state index contributed by atoms with van der Waals surface area (Å²) in [6.07, 6.45) is 0.0854. The zero-order valence-corrected chi connectivity index (χ0v) is 11.8. The molecule has 6 nitrogen and oxygen atoms in total. The molecule has 114 valence electrons. The van der Waals surface area contributed by atoms with E-state index in [1.54, 1.807) is 12.1 Å². The van der Waals surface area contributed by atoms with E-state index in [9.17, 15) is 14.4 Å². The predicted octanol–water partition coefficient (Wildman–Crippen LogP) is 1.61. The summed E-state index contributed by atoms with van der Waals surface area (Å²) >= 11 is 0. The topological polar surface area (TPSA) is 104 Å². The van der Waals surface area contributed by atoms with Gasteiger partial charge in [0.2, 0.25) is 5.91 Å². The summed E-state index contributed by atoms with van der Waals surface area (Å²) in [5, 5.41) is 20.1. The molecule has 0 aromatic heterocycles. The SMILES string of the molecule is CCC(C(=O)NC(CCC(=O)O)C(=O)O)c1ccccc1. The number of carbonyl (C=O) groups is 3. The van der Waals surface area contributed by atoms with Crippen molar-refractivity contribution in [1.29, 1.82) is 0 Å². The molecule has 21 heavy (non-hydrogen) atoms. The Morgan fingerprint density at radius 1 is 1.14 bits per heavy atom. The number of aliphatic carboxylic acids is 2. The number of hydrogen-bond donors (Lipinski definition) is 3. The summed E-state index contributed by atoms with van der Waals surface area (Å²) in [5.74, 6) is -3.17. The van der Waals surface area contributed by atoms with Crippen LogP contribution in [0.5, 0.6) is 0 Å². The summed E-state index contributed by atoms with van der Waals surface area (Å²) in [6.45, 7) is 1.84. The van der Waals surface area contributed by atoms with E-state index in [1.165, 1.54) is 0 Å². The van der Waals surface area contributed by atoms with Gasteiger partial charge >= 0.3 is 11.9 Å². The third kappa shape index (κ3) is 5.25. The van der Waals surface area contributed by atoms with Crippen LogP contribution in [-0.2, 0) is 14.4 Å². The first-order chi connectivity index (χ1) is 9.95. The number of amides is 1. The Hall–Kier alpha value is -2.37. The number of carboxylic acid groups (broad SMARTS) is 2. The number of benzene rings is 1. The molecule has 2 unspecified atom stereocenters. The van der Waals surface area contributed by atoms with Crippen LogP contribution in [0.3, 0.4) is 0 Å². The molecule has 0 spiro atoms. The largest absolute Gasteiger partial charge is 0.481 e. The molecule has 1 rings (SSSR count). The van der Waals surface area contributed by atoms with E-state index < -0.39 is 29.8 Å². The van der Waals surface area contributed by atoms with Gasteiger partial charge in [-0.2, -0.15) is 0 Å². The maximum absolute atomic E-state index is 12.2. The lowest BCUT2D eigenvalue weighted by Crippen LogP contribution is -2.43. The van der Waals surface area contributed by atoms with E-state index in [0.29, 0.717) is 6.42 Å². The lowest BCUT2D eigenvalue weighted by Gasteiger charge is -2.19. The van der Waals surface area contributed by atoms with E-state index in [-0.39, 0.29) is 12.8 Å². The zero-order chi connectivity index (χ0) is 15.8. The van der Waals surface area contributed by atoms with Crippen molar-refractivity contribution >= 4 is 17.8 Å². The molecule has 0 aliphatic carbocycles. The Kier molecular flexibility index (Phi) is 6.39. The van der Waals surface area contributed by atoms with E-state index in [0.717, 1.165) is 5.56 Å². The lowest BCUT2D eigenvalue weighted by molar-refractivity contribution is -0.143. The van der Waals surface area contributed by atoms with E-state index >= 15 is 0 Å². The number of carboxylic acids is 2. The highest BCUT2D eigenvalue weighted by Crippen LogP contribution is 2.19. The predicted molar refractivity (Wildman–Crippen MR) is 75.9 cm³/mol. The average molecular weight is 293 g/mol. The Morgan fingerprint density at radius 2 is 1.76 bits per heavy atom. The van der Waals surface area contributed by atoms with Crippen molar-refractivity contribution in [1.82, 2.24) is 5.32 Å². The second kappa shape index (κ2) is 8.04. The molecule has 0 saturated carbocycles. The lowest BCUT2D eigenvalue weighted by atomic mass is 9.95. The standard InChI is InChI=1S/C15H19NO5/c1-2-11(10-6-4-3-5-7-10)14(19)16-12(15(20)21)8-9-13(17)18/h3-7,11-12H,2,8-9H2,1H3,(H,16,19)(H,17,18)(H,20,21). The molecule has 1 aromatic carbocycles. The van der Waals surface area contributed by atoms with E-state index in [4.69, 9.17) is 10.2 Å². The van der Waals surface area contributed by atoms with Crippen LogP contribution in [0.2, 0.25) is 0 Å². The first-order valence-electron chi connectivity index (χ1n) is 6.75. The second-order valence-corrected chi connectivity index (χ2v) is 4.70. The highest BCUT2D eigenvalue weighted by molar-refractivity contribution is 5.88. The Labute approximate surface area is 122 Å². The van der Waals surface area contributed by atoms with Crippen molar-refractivity contribution in [2.24, 2.45) is 0 Å². The van der Waals surface area contributed by atoms with Gasteiger partial charge in [-0.1, -0.05) is 37.3 Å². The molecule has 0 bridgehead atoms. The van der Waals surface area contributed by atoms with Crippen LogP contribution < -0.4 is 5.32 Å². The van der Waals surface area contributed by atoms with Crippen LogP contribution in [-0.4, -0.2) is 34.1 Å². The van der Waals surface area contributed by atoms with Crippen LogP contribution in [0.4, 0.5) is 0 Å². The Bertz CT molecular complexity index is 500. The third-order valence-electron chi connectivity index (χ3n) is 3.19. The van der Waals surface area contributed by atoms with Crippen LogP contribution in [0, 0.1) is 0 Å². The zero-order valence-electron chi connectivity index (χ0n) is 11.8. The minimum absolute atomic E-state index is 0.137. The van der Waals surface area contributed by atoms with E-state index in [2.05, 4.69) is 5.32 Å². The maximum atomic E-state index is 12.2. The van der Waals surface area contributed by atoms with Crippen molar-refractivity contribution in [3.63, 3.8) is 0 Å². The smallest absolute Gasteiger partial charge is 0.326 e. The number of carbonyl (C=O) groups excluding carboxylic acids is 1. The molecule has 0 heterocycles. The van der Waals surface area contributed by atoms with Gasteiger partial charge in [0, 0.05) is 6.42 Å². The van der Waals surface area contributed by atoms with Crippen molar-refractivity contribution in [2.75, 3.05) is 0 Å². The summed E-state index contributed by atoms with van der Waals surface area (Å²) in [7, 11) is 0. The molecule has 1 amide bonds. The molecule has 0 aliphatic heterocycles. The van der Waals surface area contributed by atoms with Gasteiger partial charge in [-0.15, -0.1) is 0 Å². The molecular weight excluding hydrogens is 274 g/mol. The molecule has 0 saturated heterocycles. The third-order valence-corrected chi connectivity index (χ3v) is 3.19. The summed E-state index contributed by atoms with van der Waals surface area (Å²) in [5.41, 5.74) is 0.805. The second-order valence-electron chi connectivity index (χ2n) is 4.70. The fourth-order valence-corrected chi connectivity index (χ4v) is 2.06. The minimum Gasteiger partial charge on any atom is -0.481 e. The van der Waals surface area contributed by atoms with Crippen molar-refractivity contribution in [2.45, 2.75) is 38.1 Å². The molecule has 2 atom stereocenters. The molecule has 0 fully saturated rings. The summed E-state index contributed by atoms with van der Waals surface area (Å²) in [4.78, 5) is 33.8. The van der Waals surface area contributed by atoms with Gasteiger partial charge in [0.05, 0.1) is 5.92 Å². The van der Waals surface area contributed by atoms with Crippen LogP contribution in [0.15, 0.2) is 30.3 Å². The molecule has 0 radical (unpaired) electrons. The molecule has 6 heteroatoms. The van der Waals surface area contributed by atoms with Crippen LogP contribution >= 0.6 is 0 Å². The molecule has 0 aliphatic rings. The van der Waals surface area contributed by atoms with Gasteiger partial charge in [0.15, 0.2) is 0 Å². The number of nitrogens with one attached hydrogen (secondary N) is 1. The van der Waals surface area contributed by atoms with Gasteiger partial charge in [-0.25, -0.2) is 4.79 Å². The highest BCUT2D eigenvalue weighted by Gasteiger charge is 2.25. The van der Waals surface area contributed by atoms with Crippen molar-refractivity contribution in [3.05, 3.63) is 35.9 Å². The first kappa shape index (κ1) is 16.7. The monoisotopic (exact) mass is 293 g/mol. The van der Waals surface area contributed by atoms with Gasteiger partial charge in [-0.05, 0) is 18.4 Å². The van der Waals surface area contributed by atoms with E-state index in [1.807, 2.05) is 25.1 Å². The van der Waals surface area contributed by atoms with Gasteiger partial charge in [0.25, 0.3) is 0 Å².